The molecule has 10 heteroatoms. The van der Waals surface area contributed by atoms with Crippen LogP contribution < -0.4 is 5.32 Å². The van der Waals surface area contributed by atoms with E-state index in [1.54, 1.807) is 25.1 Å². The highest BCUT2D eigenvalue weighted by atomic mass is 32.3. The van der Waals surface area contributed by atoms with Crippen LogP contribution in [0.25, 0.3) is 0 Å². The Morgan fingerprint density at radius 2 is 1.54 bits per heavy atom. The van der Waals surface area contributed by atoms with Gasteiger partial charge in [0.05, 0.1) is 5.56 Å². The number of nitrogens with one attached hydrogen (secondary N) is 1. The molecule has 0 fully saturated rings. The molecule has 9 nitrogen and oxygen atoms in total. The molecule has 4 N–H and O–H groups in total. The summed E-state index contributed by atoms with van der Waals surface area (Å²) in [5.74, 6) is -0.863. The van der Waals surface area contributed by atoms with Gasteiger partial charge >= 0.3 is 22.5 Å². The van der Waals surface area contributed by atoms with E-state index in [0.717, 1.165) is 5.56 Å². The molecule has 24 heavy (non-hydrogen) atoms. The van der Waals surface area contributed by atoms with Crippen LogP contribution in [0.2, 0.25) is 0 Å². The molecule has 0 aliphatic carbocycles. The van der Waals surface area contributed by atoms with Crippen molar-refractivity contribution in [1.29, 1.82) is 0 Å². The van der Waals surface area contributed by atoms with E-state index in [4.69, 9.17) is 27.4 Å². The number of alkyl carbamates (subject to hydrolysis) is 1. The number of rotatable bonds is 1. The second-order valence-corrected chi connectivity index (χ2v) is 6.22. The highest BCUT2D eigenvalue weighted by Crippen LogP contribution is 2.06. The first-order valence-electron chi connectivity index (χ1n) is 6.57. The molecule has 0 aliphatic rings. The molecule has 0 aromatic heterocycles. The SMILES string of the molecule is CNC(=O)OC(C)(C)C.Cc1ccccc1C(=O)O.O=S(=O)(O)O. The Balaban J connectivity index is 0. The number of carboxylic acids is 1. The first-order chi connectivity index (χ1) is 10.7. The van der Waals surface area contributed by atoms with Crippen molar-refractivity contribution >= 4 is 22.5 Å². The molecular formula is C14H23NO8S. The van der Waals surface area contributed by atoms with E-state index in [1.807, 2.05) is 26.8 Å². The van der Waals surface area contributed by atoms with Crippen molar-refractivity contribution in [2.24, 2.45) is 0 Å². The Hall–Kier alpha value is -2.17. The standard InChI is InChI=1S/C8H8O2.C6H13NO2.H2O4S/c1-6-4-2-3-5-7(6)8(9)10;1-6(2,3)9-5(8)7-4;1-5(2,3)4/h2-5H,1H3,(H,9,10);1-4H3,(H,7,8);(H2,1,2,3,4). The number of hydrogen-bond acceptors (Lipinski definition) is 5. The molecule has 1 rings (SSSR count). The lowest BCUT2D eigenvalue weighted by Gasteiger charge is -2.18. The summed E-state index contributed by atoms with van der Waals surface area (Å²) >= 11 is 0. The summed E-state index contributed by atoms with van der Waals surface area (Å²) in [5.41, 5.74) is 0.789. The number of ether oxygens (including phenoxy) is 1. The molecule has 0 radical (unpaired) electrons. The Morgan fingerprint density at radius 1 is 1.12 bits per heavy atom. The van der Waals surface area contributed by atoms with Crippen LogP contribution in [0, 0.1) is 6.92 Å². The lowest BCUT2D eigenvalue weighted by atomic mass is 10.1. The van der Waals surface area contributed by atoms with Crippen LogP contribution in [0.15, 0.2) is 24.3 Å². The van der Waals surface area contributed by atoms with Crippen molar-refractivity contribution in [1.82, 2.24) is 5.32 Å². The second-order valence-electron chi connectivity index (χ2n) is 5.32. The fourth-order valence-corrected chi connectivity index (χ4v) is 1.14. The third kappa shape index (κ3) is 17.9. The van der Waals surface area contributed by atoms with Crippen LogP contribution in [0.5, 0.6) is 0 Å². The van der Waals surface area contributed by atoms with Gasteiger partial charge in [-0.1, -0.05) is 18.2 Å². The van der Waals surface area contributed by atoms with E-state index in [9.17, 15) is 9.59 Å². The molecule has 0 aliphatic heterocycles. The second kappa shape index (κ2) is 10.6. The quantitative estimate of drug-likeness (QED) is 0.553. The highest BCUT2D eigenvalue weighted by molar-refractivity contribution is 7.79. The number of carboxylic acid groups (broad SMARTS) is 1. The molecule has 1 aromatic carbocycles. The minimum absolute atomic E-state index is 0.377. The molecule has 0 bridgehead atoms. The summed E-state index contributed by atoms with van der Waals surface area (Å²) in [6.07, 6.45) is -0.387. The Kier molecular flexibility index (Phi) is 10.6. The van der Waals surface area contributed by atoms with E-state index in [0.29, 0.717) is 5.56 Å². The Labute approximate surface area is 141 Å². The summed E-state index contributed by atoms with van der Waals surface area (Å²) in [6.45, 7) is 7.25. The summed E-state index contributed by atoms with van der Waals surface area (Å²) < 4.78 is 36.4. The monoisotopic (exact) mass is 365 g/mol. The van der Waals surface area contributed by atoms with Gasteiger partial charge in [-0.2, -0.15) is 8.42 Å². The van der Waals surface area contributed by atoms with Gasteiger partial charge in [0.1, 0.15) is 5.60 Å². The van der Waals surface area contributed by atoms with Gasteiger partial charge in [0.25, 0.3) is 0 Å². The van der Waals surface area contributed by atoms with Gasteiger partial charge in [-0.3, -0.25) is 9.11 Å². The van der Waals surface area contributed by atoms with Crippen molar-refractivity contribution in [2.75, 3.05) is 7.05 Å². The van der Waals surface area contributed by atoms with Gasteiger partial charge in [0, 0.05) is 7.05 Å². The zero-order chi connectivity index (χ0) is 19.6. The number of aryl methyl sites for hydroxylation is 1. The maximum absolute atomic E-state index is 10.5. The summed E-state index contributed by atoms with van der Waals surface area (Å²) in [6, 6.07) is 6.92. The van der Waals surface area contributed by atoms with Crippen LogP contribution >= 0.6 is 0 Å². The zero-order valence-corrected chi connectivity index (χ0v) is 14.9. The van der Waals surface area contributed by atoms with Crippen LogP contribution in [0.3, 0.4) is 0 Å². The Bertz CT molecular complexity index is 626. The predicted octanol–water partition coefficient (Wildman–Crippen LogP) is 2.18. The number of benzene rings is 1. The van der Waals surface area contributed by atoms with Gasteiger partial charge in [-0.15, -0.1) is 0 Å². The predicted molar refractivity (Wildman–Crippen MR) is 87.6 cm³/mol. The molecule has 0 saturated heterocycles. The average Bonchev–Trinajstić information content (AvgIpc) is 2.35. The fraction of sp³-hybridized carbons (Fsp3) is 0.429. The number of amides is 1. The molecule has 1 aromatic rings. The summed E-state index contributed by atoms with van der Waals surface area (Å²) in [7, 11) is -3.13. The van der Waals surface area contributed by atoms with E-state index >= 15 is 0 Å². The third-order valence-corrected chi connectivity index (χ3v) is 1.98. The van der Waals surface area contributed by atoms with Crippen molar-refractivity contribution < 1.29 is 37.0 Å². The van der Waals surface area contributed by atoms with Gasteiger partial charge in [0.2, 0.25) is 0 Å². The zero-order valence-electron chi connectivity index (χ0n) is 14.1. The van der Waals surface area contributed by atoms with E-state index < -0.39 is 16.4 Å². The van der Waals surface area contributed by atoms with Gasteiger partial charge < -0.3 is 15.2 Å². The molecule has 0 unspecified atom stereocenters. The van der Waals surface area contributed by atoms with Gasteiger partial charge in [-0.25, -0.2) is 9.59 Å². The number of hydrogen-bond donors (Lipinski definition) is 4. The van der Waals surface area contributed by atoms with Crippen molar-refractivity contribution in [3.8, 4) is 0 Å². The molecular weight excluding hydrogens is 342 g/mol. The molecule has 0 atom stereocenters. The lowest BCUT2D eigenvalue weighted by molar-refractivity contribution is 0.0541. The van der Waals surface area contributed by atoms with Crippen molar-refractivity contribution in [2.45, 2.75) is 33.3 Å². The highest BCUT2D eigenvalue weighted by Gasteiger charge is 2.13. The maximum Gasteiger partial charge on any atom is 0.407 e. The number of aromatic carboxylic acids is 1. The van der Waals surface area contributed by atoms with Crippen molar-refractivity contribution in [3.63, 3.8) is 0 Å². The maximum atomic E-state index is 10.5. The van der Waals surface area contributed by atoms with Crippen LogP contribution in [-0.4, -0.2) is 47.3 Å². The molecule has 138 valence electrons. The smallest absolute Gasteiger partial charge is 0.407 e. The molecule has 1 amide bonds. The van der Waals surface area contributed by atoms with Crippen LogP contribution in [0.4, 0.5) is 4.79 Å². The first kappa shape index (κ1) is 24.1. The molecule has 0 heterocycles. The topological polar surface area (TPSA) is 150 Å². The first-order valence-corrected chi connectivity index (χ1v) is 7.96. The van der Waals surface area contributed by atoms with Crippen LogP contribution in [0.1, 0.15) is 36.7 Å². The fourth-order valence-electron chi connectivity index (χ4n) is 1.14. The normalized spacial score (nSPS) is 10.3. The Morgan fingerprint density at radius 3 is 1.75 bits per heavy atom. The van der Waals surface area contributed by atoms with Gasteiger partial charge in [-0.05, 0) is 39.3 Å². The summed E-state index contributed by atoms with van der Waals surface area (Å²) in [4.78, 5) is 20.9. The minimum atomic E-state index is -4.67. The third-order valence-electron chi connectivity index (χ3n) is 1.98. The van der Waals surface area contributed by atoms with E-state index in [-0.39, 0.29) is 11.7 Å². The minimum Gasteiger partial charge on any atom is -0.478 e. The average molecular weight is 365 g/mol. The number of carbonyl (C=O) groups excluding carboxylic acids is 1. The molecule has 0 saturated carbocycles. The summed E-state index contributed by atoms with van der Waals surface area (Å²) in [5, 5.41) is 10.9. The van der Waals surface area contributed by atoms with Crippen LogP contribution in [-0.2, 0) is 15.1 Å². The molecule has 0 spiro atoms. The number of carbonyl (C=O) groups is 2. The van der Waals surface area contributed by atoms with E-state index in [1.165, 1.54) is 7.05 Å². The van der Waals surface area contributed by atoms with E-state index in [2.05, 4.69) is 5.32 Å². The van der Waals surface area contributed by atoms with Crippen molar-refractivity contribution in [3.05, 3.63) is 35.4 Å². The lowest BCUT2D eigenvalue weighted by Crippen LogP contribution is -2.30. The van der Waals surface area contributed by atoms with Gasteiger partial charge in [0.15, 0.2) is 0 Å². The largest absolute Gasteiger partial charge is 0.478 e.